The Balaban J connectivity index is 2.22. The van der Waals surface area contributed by atoms with Crippen LogP contribution in [-0.2, 0) is 6.42 Å². The first kappa shape index (κ1) is 12.8. The molecular formula is C12H14N4OS. The molecule has 2 heterocycles. The Morgan fingerprint density at radius 1 is 1.44 bits per heavy atom. The molecule has 0 amide bonds. The second kappa shape index (κ2) is 5.79. The average Bonchev–Trinajstić information content (AvgIpc) is 2.33. The minimum Gasteiger partial charge on any atom is -0.330 e. The minimum atomic E-state index is -0.162. The van der Waals surface area contributed by atoms with Gasteiger partial charge in [-0.25, -0.2) is 9.97 Å². The summed E-state index contributed by atoms with van der Waals surface area (Å²) in [5, 5.41) is 1.38. The molecule has 0 bridgehead atoms. The van der Waals surface area contributed by atoms with Crippen molar-refractivity contribution >= 4 is 11.8 Å². The fraction of sp³-hybridized carbons (Fsp3) is 0.250. The molecule has 2 aromatic heterocycles. The number of aromatic amines is 1. The summed E-state index contributed by atoms with van der Waals surface area (Å²) < 4.78 is 0. The zero-order valence-electron chi connectivity index (χ0n) is 10.0. The van der Waals surface area contributed by atoms with E-state index in [1.807, 2.05) is 13.1 Å². The van der Waals surface area contributed by atoms with Crippen molar-refractivity contribution in [3.05, 3.63) is 46.0 Å². The number of rotatable bonds is 4. The molecule has 5 nitrogen and oxygen atoms in total. The number of nitrogens with two attached hydrogens (primary N) is 1. The third-order valence-corrected chi connectivity index (χ3v) is 3.38. The summed E-state index contributed by atoms with van der Waals surface area (Å²) >= 11 is 1.35. The highest BCUT2D eigenvalue weighted by Gasteiger charge is 2.05. The number of pyridine rings is 1. The van der Waals surface area contributed by atoms with Crippen LogP contribution in [0.1, 0.15) is 11.1 Å². The lowest BCUT2D eigenvalue weighted by Crippen LogP contribution is -2.06. The summed E-state index contributed by atoms with van der Waals surface area (Å²) in [5.74, 6) is 0. The summed E-state index contributed by atoms with van der Waals surface area (Å²) in [4.78, 5) is 22.3. The highest BCUT2D eigenvalue weighted by molar-refractivity contribution is 7.99. The number of nitrogens with one attached hydrogen (secondary N) is 1. The second-order valence-corrected chi connectivity index (χ2v) is 4.82. The standard InChI is InChI=1S/C12H14N4OS/c1-8-6-9(2-4-13)7-15-11(8)18-12-14-5-3-10(17)16-12/h3,5-7H,2,4,13H2,1H3,(H,14,16,17). The van der Waals surface area contributed by atoms with Crippen molar-refractivity contribution in [2.45, 2.75) is 23.5 Å². The second-order valence-electron chi connectivity index (χ2n) is 3.85. The van der Waals surface area contributed by atoms with E-state index < -0.39 is 0 Å². The van der Waals surface area contributed by atoms with E-state index in [-0.39, 0.29) is 5.56 Å². The Labute approximate surface area is 109 Å². The molecule has 0 spiro atoms. The summed E-state index contributed by atoms with van der Waals surface area (Å²) in [5.41, 5.74) is 7.52. The molecule has 2 aromatic rings. The van der Waals surface area contributed by atoms with Crippen LogP contribution in [0.15, 0.2) is 39.5 Å². The largest absolute Gasteiger partial charge is 0.330 e. The fourth-order valence-corrected chi connectivity index (χ4v) is 2.30. The molecule has 0 aliphatic rings. The first-order valence-electron chi connectivity index (χ1n) is 5.58. The molecule has 0 atom stereocenters. The van der Waals surface area contributed by atoms with Crippen LogP contribution in [0.5, 0.6) is 0 Å². The summed E-state index contributed by atoms with van der Waals surface area (Å²) in [7, 11) is 0. The van der Waals surface area contributed by atoms with Crippen molar-refractivity contribution in [2.24, 2.45) is 5.73 Å². The SMILES string of the molecule is Cc1cc(CCN)cnc1Sc1nccc(=O)[nH]1. The highest BCUT2D eigenvalue weighted by Crippen LogP contribution is 2.25. The monoisotopic (exact) mass is 262 g/mol. The maximum absolute atomic E-state index is 11.2. The lowest BCUT2D eigenvalue weighted by Gasteiger charge is -2.05. The molecule has 0 radical (unpaired) electrons. The first-order chi connectivity index (χ1) is 8.69. The molecule has 0 aliphatic carbocycles. The van der Waals surface area contributed by atoms with Gasteiger partial charge < -0.3 is 10.7 Å². The zero-order chi connectivity index (χ0) is 13.0. The lowest BCUT2D eigenvalue weighted by molar-refractivity contribution is 0.917. The molecule has 18 heavy (non-hydrogen) atoms. The number of aryl methyl sites for hydroxylation is 1. The van der Waals surface area contributed by atoms with Gasteiger partial charge in [0.25, 0.3) is 5.56 Å². The Hall–Kier alpha value is -1.66. The van der Waals surface area contributed by atoms with E-state index in [2.05, 4.69) is 21.0 Å². The van der Waals surface area contributed by atoms with Crippen LogP contribution in [0.25, 0.3) is 0 Å². The predicted molar refractivity (Wildman–Crippen MR) is 70.7 cm³/mol. The van der Waals surface area contributed by atoms with E-state index in [4.69, 9.17) is 5.73 Å². The van der Waals surface area contributed by atoms with Gasteiger partial charge in [-0.2, -0.15) is 0 Å². The maximum Gasteiger partial charge on any atom is 0.251 e. The topological polar surface area (TPSA) is 84.7 Å². The zero-order valence-corrected chi connectivity index (χ0v) is 10.8. The molecule has 0 unspecified atom stereocenters. The van der Waals surface area contributed by atoms with Gasteiger partial charge in [-0.15, -0.1) is 0 Å². The lowest BCUT2D eigenvalue weighted by atomic mass is 10.2. The predicted octanol–water partition coefficient (Wildman–Crippen LogP) is 1.13. The van der Waals surface area contributed by atoms with Gasteiger partial charge in [-0.05, 0) is 42.8 Å². The molecular weight excluding hydrogens is 248 g/mol. The molecule has 94 valence electrons. The molecule has 2 rings (SSSR count). The molecule has 0 aliphatic heterocycles. The Morgan fingerprint density at radius 3 is 2.94 bits per heavy atom. The van der Waals surface area contributed by atoms with Crippen LogP contribution in [0.3, 0.4) is 0 Å². The van der Waals surface area contributed by atoms with Crippen molar-refractivity contribution in [3.8, 4) is 0 Å². The van der Waals surface area contributed by atoms with Gasteiger partial charge in [-0.1, -0.05) is 6.07 Å². The van der Waals surface area contributed by atoms with E-state index in [9.17, 15) is 4.79 Å². The van der Waals surface area contributed by atoms with Gasteiger partial charge in [-0.3, -0.25) is 4.79 Å². The van der Waals surface area contributed by atoms with Crippen LogP contribution in [0.2, 0.25) is 0 Å². The number of nitrogens with zero attached hydrogens (tertiary/aromatic N) is 2. The van der Waals surface area contributed by atoms with Crippen LogP contribution < -0.4 is 11.3 Å². The van der Waals surface area contributed by atoms with Gasteiger partial charge in [0.05, 0.1) is 0 Å². The van der Waals surface area contributed by atoms with Crippen molar-refractivity contribution in [3.63, 3.8) is 0 Å². The van der Waals surface area contributed by atoms with E-state index in [1.54, 1.807) is 0 Å². The van der Waals surface area contributed by atoms with Gasteiger partial charge in [0.15, 0.2) is 5.16 Å². The number of H-pyrrole nitrogens is 1. The third-order valence-electron chi connectivity index (χ3n) is 2.36. The first-order valence-corrected chi connectivity index (χ1v) is 6.39. The molecule has 0 saturated heterocycles. The van der Waals surface area contributed by atoms with E-state index in [0.717, 1.165) is 22.6 Å². The van der Waals surface area contributed by atoms with Crippen molar-refractivity contribution in [1.29, 1.82) is 0 Å². The summed E-state index contributed by atoms with van der Waals surface area (Å²) in [6.07, 6.45) is 4.11. The Morgan fingerprint density at radius 2 is 2.28 bits per heavy atom. The quantitative estimate of drug-likeness (QED) is 0.807. The summed E-state index contributed by atoms with van der Waals surface area (Å²) in [6, 6.07) is 3.44. The van der Waals surface area contributed by atoms with Crippen LogP contribution >= 0.6 is 11.8 Å². The van der Waals surface area contributed by atoms with Crippen molar-refractivity contribution in [1.82, 2.24) is 15.0 Å². The number of hydrogen-bond donors (Lipinski definition) is 2. The molecule has 0 aromatic carbocycles. The van der Waals surface area contributed by atoms with Gasteiger partial charge in [0.1, 0.15) is 5.03 Å². The van der Waals surface area contributed by atoms with Crippen LogP contribution in [-0.4, -0.2) is 21.5 Å². The Kier molecular flexibility index (Phi) is 4.11. The molecule has 3 N–H and O–H groups in total. The van der Waals surface area contributed by atoms with Crippen molar-refractivity contribution in [2.75, 3.05) is 6.54 Å². The number of hydrogen-bond acceptors (Lipinski definition) is 5. The molecule has 0 saturated carbocycles. The third kappa shape index (κ3) is 3.18. The minimum absolute atomic E-state index is 0.162. The fourth-order valence-electron chi connectivity index (χ4n) is 1.53. The smallest absolute Gasteiger partial charge is 0.251 e. The molecule has 6 heteroatoms. The van der Waals surface area contributed by atoms with Crippen LogP contribution in [0, 0.1) is 6.92 Å². The van der Waals surface area contributed by atoms with Gasteiger partial charge >= 0.3 is 0 Å². The van der Waals surface area contributed by atoms with E-state index in [0.29, 0.717) is 11.7 Å². The van der Waals surface area contributed by atoms with Gasteiger partial charge in [0.2, 0.25) is 0 Å². The van der Waals surface area contributed by atoms with Crippen molar-refractivity contribution < 1.29 is 0 Å². The molecule has 0 fully saturated rings. The van der Waals surface area contributed by atoms with E-state index >= 15 is 0 Å². The van der Waals surface area contributed by atoms with Crippen LogP contribution in [0.4, 0.5) is 0 Å². The maximum atomic E-state index is 11.2. The summed E-state index contributed by atoms with van der Waals surface area (Å²) in [6.45, 7) is 2.59. The highest BCUT2D eigenvalue weighted by atomic mass is 32.2. The Bertz CT molecular complexity index is 597. The number of aromatic nitrogens is 3. The average molecular weight is 262 g/mol. The van der Waals surface area contributed by atoms with E-state index in [1.165, 1.54) is 24.0 Å². The van der Waals surface area contributed by atoms with Gasteiger partial charge in [0, 0.05) is 18.5 Å². The normalized spacial score (nSPS) is 10.6.